The predicted octanol–water partition coefficient (Wildman–Crippen LogP) is 3.14. The molecule has 10 heteroatoms. The molecule has 0 radical (unpaired) electrons. The minimum Gasteiger partial charge on any atom is -0.497 e. The third-order valence-electron chi connectivity index (χ3n) is 4.61. The largest absolute Gasteiger partial charge is 0.497 e. The van der Waals surface area contributed by atoms with E-state index in [2.05, 4.69) is 5.32 Å². The standard InChI is InChI=1S/C21H20F2N2O5S/c1-30-14-6-3-5-12(9-14)13-10-17(22)19(18(23)11-13)24-20(26)15-7-4-8-16(15)21(27)25-31(2,28)29/h3,5-6,9-11H,4,7-8H2,1-2H3,(H,24,26)(H,25,27)/i1D3. The quantitative estimate of drug-likeness (QED) is 0.700. The van der Waals surface area contributed by atoms with Gasteiger partial charge >= 0.3 is 0 Å². The molecule has 2 aromatic rings. The molecule has 0 saturated carbocycles. The van der Waals surface area contributed by atoms with Gasteiger partial charge in [-0.25, -0.2) is 21.9 Å². The summed E-state index contributed by atoms with van der Waals surface area (Å²) in [5.74, 6) is -4.11. The van der Waals surface area contributed by atoms with Crippen molar-refractivity contribution in [3.63, 3.8) is 0 Å². The molecule has 0 spiro atoms. The second-order valence-electron chi connectivity index (χ2n) is 6.91. The lowest BCUT2D eigenvalue weighted by atomic mass is 10.0. The summed E-state index contributed by atoms with van der Waals surface area (Å²) in [6, 6.07) is 7.53. The Labute approximate surface area is 182 Å². The van der Waals surface area contributed by atoms with Crippen LogP contribution < -0.4 is 14.8 Å². The summed E-state index contributed by atoms with van der Waals surface area (Å²) >= 11 is 0. The van der Waals surface area contributed by atoms with E-state index in [0.717, 1.165) is 18.4 Å². The first-order valence-corrected chi connectivity index (χ1v) is 11.0. The fraction of sp³-hybridized carbons (Fsp3) is 0.238. The molecule has 2 amide bonds. The van der Waals surface area contributed by atoms with E-state index in [4.69, 9.17) is 8.85 Å². The van der Waals surface area contributed by atoms with E-state index in [1.54, 1.807) is 4.72 Å². The van der Waals surface area contributed by atoms with Crippen LogP contribution in [0.25, 0.3) is 11.1 Å². The summed E-state index contributed by atoms with van der Waals surface area (Å²) in [7, 11) is -6.55. The van der Waals surface area contributed by atoms with Crippen molar-refractivity contribution < 1.29 is 35.6 Å². The molecular weight excluding hydrogens is 430 g/mol. The Morgan fingerprint density at radius 3 is 2.29 bits per heavy atom. The third-order valence-corrected chi connectivity index (χ3v) is 5.17. The average Bonchev–Trinajstić information content (AvgIpc) is 3.18. The normalized spacial score (nSPS) is 15.6. The van der Waals surface area contributed by atoms with E-state index in [1.807, 2.05) is 0 Å². The number of amides is 2. The van der Waals surface area contributed by atoms with Crippen LogP contribution in [0.4, 0.5) is 14.5 Å². The number of rotatable bonds is 6. The molecule has 0 aliphatic heterocycles. The second-order valence-corrected chi connectivity index (χ2v) is 8.66. The molecule has 31 heavy (non-hydrogen) atoms. The summed E-state index contributed by atoms with van der Waals surface area (Å²) in [5, 5.41) is 2.11. The Balaban J connectivity index is 1.86. The van der Waals surface area contributed by atoms with Gasteiger partial charge in [0.1, 0.15) is 23.1 Å². The molecule has 7 nitrogen and oxygen atoms in total. The maximum absolute atomic E-state index is 14.7. The number of methoxy groups -OCH3 is 1. The number of nitrogens with one attached hydrogen (secondary N) is 2. The molecule has 3 rings (SSSR count). The van der Waals surface area contributed by atoms with E-state index < -0.39 is 46.2 Å². The van der Waals surface area contributed by atoms with Crippen molar-refractivity contribution >= 4 is 27.5 Å². The van der Waals surface area contributed by atoms with Gasteiger partial charge < -0.3 is 10.1 Å². The van der Waals surface area contributed by atoms with Gasteiger partial charge in [0, 0.05) is 11.1 Å². The van der Waals surface area contributed by atoms with E-state index in [-0.39, 0.29) is 40.9 Å². The Hall–Kier alpha value is -3.27. The predicted molar refractivity (Wildman–Crippen MR) is 111 cm³/mol. The number of hydrogen-bond donors (Lipinski definition) is 2. The number of sulfonamides is 1. The van der Waals surface area contributed by atoms with Gasteiger partial charge in [0.15, 0.2) is 0 Å². The summed E-state index contributed by atoms with van der Waals surface area (Å²) in [4.78, 5) is 24.8. The molecular formula is C21H20F2N2O5S. The maximum atomic E-state index is 14.7. The molecule has 0 fully saturated rings. The number of carbonyl (C=O) groups is 2. The highest BCUT2D eigenvalue weighted by molar-refractivity contribution is 7.89. The lowest BCUT2D eigenvalue weighted by molar-refractivity contribution is -0.117. The zero-order valence-electron chi connectivity index (χ0n) is 19.3. The van der Waals surface area contributed by atoms with E-state index in [1.165, 1.54) is 24.3 Å². The highest BCUT2D eigenvalue weighted by Crippen LogP contribution is 2.31. The van der Waals surface area contributed by atoms with Crippen LogP contribution in [0.3, 0.4) is 0 Å². The number of benzene rings is 2. The van der Waals surface area contributed by atoms with Crippen molar-refractivity contribution in [2.24, 2.45) is 0 Å². The van der Waals surface area contributed by atoms with Gasteiger partial charge in [-0.3, -0.25) is 9.59 Å². The van der Waals surface area contributed by atoms with Crippen LogP contribution in [0.2, 0.25) is 0 Å². The average molecular weight is 453 g/mol. The summed E-state index contributed by atoms with van der Waals surface area (Å²) < 4.78 is 80.1. The molecule has 1 aliphatic carbocycles. The monoisotopic (exact) mass is 453 g/mol. The first kappa shape index (κ1) is 18.5. The van der Waals surface area contributed by atoms with E-state index in [0.29, 0.717) is 6.42 Å². The molecule has 1 aliphatic rings. The Bertz CT molecular complexity index is 1270. The number of ether oxygens (including phenoxy) is 1. The topological polar surface area (TPSA) is 102 Å². The number of anilines is 1. The Kier molecular flexibility index (Phi) is 5.28. The van der Waals surface area contributed by atoms with Gasteiger partial charge in [0.05, 0.1) is 17.4 Å². The molecule has 0 heterocycles. The van der Waals surface area contributed by atoms with Crippen molar-refractivity contribution in [1.29, 1.82) is 0 Å². The van der Waals surface area contributed by atoms with Gasteiger partial charge in [-0.1, -0.05) is 12.1 Å². The second kappa shape index (κ2) is 8.84. The van der Waals surface area contributed by atoms with Crippen LogP contribution in [0.15, 0.2) is 47.5 Å². The summed E-state index contributed by atoms with van der Waals surface area (Å²) in [5.41, 5.74) is -0.524. The van der Waals surface area contributed by atoms with Crippen molar-refractivity contribution in [1.82, 2.24) is 4.72 Å². The highest BCUT2D eigenvalue weighted by Gasteiger charge is 2.28. The fourth-order valence-electron chi connectivity index (χ4n) is 3.26. The Morgan fingerprint density at radius 2 is 1.68 bits per heavy atom. The fourth-order valence-corrected chi connectivity index (χ4v) is 3.72. The van der Waals surface area contributed by atoms with Crippen LogP contribution in [0, 0.1) is 11.6 Å². The molecule has 0 saturated heterocycles. The van der Waals surface area contributed by atoms with Crippen LogP contribution in [-0.4, -0.2) is 33.5 Å². The minimum absolute atomic E-state index is 0.0243. The first-order valence-electron chi connectivity index (χ1n) is 10.6. The van der Waals surface area contributed by atoms with E-state index in [9.17, 15) is 26.8 Å². The van der Waals surface area contributed by atoms with Crippen molar-refractivity contribution in [2.45, 2.75) is 19.3 Å². The zero-order chi connectivity index (χ0) is 25.3. The van der Waals surface area contributed by atoms with Gasteiger partial charge in [-0.05, 0) is 54.7 Å². The summed E-state index contributed by atoms with van der Waals surface area (Å²) in [6.07, 6.45) is 1.46. The van der Waals surface area contributed by atoms with Gasteiger partial charge in [-0.15, -0.1) is 0 Å². The molecule has 0 unspecified atom stereocenters. The molecule has 164 valence electrons. The van der Waals surface area contributed by atoms with E-state index >= 15 is 0 Å². The van der Waals surface area contributed by atoms with Crippen molar-refractivity contribution in [3.8, 4) is 16.9 Å². The molecule has 0 atom stereocenters. The van der Waals surface area contributed by atoms with Crippen LogP contribution in [0.5, 0.6) is 5.75 Å². The summed E-state index contributed by atoms with van der Waals surface area (Å²) in [6.45, 7) is 0. The lowest BCUT2D eigenvalue weighted by Gasteiger charge is -2.12. The molecule has 0 bridgehead atoms. The number of carbonyl (C=O) groups excluding carboxylic acids is 2. The zero-order valence-corrected chi connectivity index (χ0v) is 17.1. The molecule has 2 aromatic carbocycles. The lowest BCUT2D eigenvalue weighted by Crippen LogP contribution is -2.31. The van der Waals surface area contributed by atoms with Crippen LogP contribution in [0.1, 0.15) is 23.4 Å². The SMILES string of the molecule is [2H]C([2H])([2H])Oc1cccc(-c2cc(F)c(NC(=O)C3=C(C(=O)NS(C)(=O)=O)CCC3)c(F)c2)c1. The Morgan fingerprint density at radius 1 is 1.03 bits per heavy atom. The van der Waals surface area contributed by atoms with Crippen LogP contribution >= 0.6 is 0 Å². The van der Waals surface area contributed by atoms with Crippen molar-refractivity contribution in [2.75, 3.05) is 18.6 Å². The number of hydrogen-bond acceptors (Lipinski definition) is 5. The smallest absolute Gasteiger partial charge is 0.261 e. The van der Waals surface area contributed by atoms with Gasteiger partial charge in [0.25, 0.3) is 11.8 Å². The third kappa shape index (κ3) is 5.26. The first-order chi connectivity index (χ1) is 15.7. The maximum Gasteiger partial charge on any atom is 0.261 e. The molecule has 2 N–H and O–H groups in total. The minimum atomic E-state index is -3.85. The highest BCUT2D eigenvalue weighted by atomic mass is 32.2. The van der Waals surface area contributed by atoms with Crippen LogP contribution in [-0.2, 0) is 19.6 Å². The van der Waals surface area contributed by atoms with Crippen molar-refractivity contribution in [3.05, 3.63) is 59.2 Å². The molecule has 0 aromatic heterocycles. The van der Waals surface area contributed by atoms with Gasteiger partial charge in [0.2, 0.25) is 10.0 Å². The van der Waals surface area contributed by atoms with Gasteiger partial charge in [-0.2, -0.15) is 0 Å². The number of halogens is 2.